The number of benzene rings is 2. The molecule has 3 heteroatoms. The lowest BCUT2D eigenvalue weighted by atomic mass is 9.75. The van der Waals surface area contributed by atoms with Crippen LogP contribution in [0.1, 0.15) is 118 Å². The predicted molar refractivity (Wildman–Crippen MR) is 150 cm³/mol. The Morgan fingerprint density at radius 1 is 0.667 bits per heavy atom. The highest BCUT2D eigenvalue weighted by molar-refractivity contribution is 7.62. The van der Waals surface area contributed by atoms with Gasteiger partial charge in [-0.25, -0.2) is 0 Å². The quantitative estimate of drug-likeness (QED) is 0.432. The van der Waals surface area contributed by atoms with E-state index in [1.54, 1.807) is 0 Å². The Balaban J connectivity index is 2.81. The summed E-state index contributed by atoms with van der Waals surface area (Å²) in [6.07, 6.45) is 0. The molecule has 1 unspecified atom stereocenters. The van der Waals surface area contributed by atoms with E-state index in [2.05, 4.69) is 143 Å². The van der Waals surface area contributed by atoms with Crippen molar-refractivity contribution in [2.24, 2.45) is 0 Å². The third-order valence-electron chi connectivity index (χ3n) is 5.89. The molecule has 0 radical (unpaired) electrons. The first-order valence-electron chi connectivity index (χ1n) is 12.4. The van der Waals surface area contributed by atoms with E-state index in [-0.39, 0.29) is 27.8 Å². The lowest BCUT2D eigenvalue weighted by Crippen LogP contribution is -2.43. The molecule has 33 heavy (non-hydrogen) atoms. The van der Waals surface area contributed by atoms with Crippen LogP contribution in [0.5, 0.6) is 0 Å². The van der Waals surface area contributed by atoms with Crippen LogP contribution in [0.3, 0.4) is 0 Å². The van der Waals surface area contributed by atoms with Gasteiger partial charge in [-0.1, -0.05) is 105 Å². The van der Waals surface area contributed by atoms with Crippen LogP contribution >= 0.6 is 8.22 Å². The number of hydrogen-bond donors (Lipinski definition) is 2. The molecule has 2 nitrogen and oxygen atoms in total. The normalized spacial score (nSPS) is 15.4. The van der Waals surface area contributed by atoms with Crippen LogP contribution in [0.2, 0.25) is 0 Å². The summed E-state index contributed by atoms with van der Waals surface area (Å²) in [5.74, 6) is 0. The summed E-state index contributed by atoms with van der Waals surface area (Å²) in [5, 5.41) is 9.52. The number of hydrogen-bond acceptors (Lipinski definition) is 2. The minimum Gasteiger partial charge on any atom is -0.275 e. The van der Waals surface area contributed by atoms with Crippen molar-refractivity contribution in [2.75, 3.05) is 0 Å². The Hall–Kier alpha value is -1.21. The van der Waals surface area contributed by atoms with Gasteiger partial charge in [0, 0.05) is 16.9 Å². The molecule has 0 spiro atoms. The molecule has 0 bridgehead atoms. The Labute approximate surface area is 206 Å². The molecule has 0 aliphatic heterocycles. The first kappa shape index (κ1) is 28.0. The molecule has 0 aliphatic rings. The Kier molecular flexibility index (Phi) is 8.33. The van der Waals surface area contributed by atoms with Gasteiger partial charge >= 0.3 is 0 Å². The number of rotatable bonds is 5. The lowest BCUT2D eigenvalue weighted by molar-refractivity contribution is 0.522. The lowest BCUT2D eigenvalue weighted by Gasteiger charge is -2.39. The van der Waals surface area contributed by atoms with E-state index in [9.17, 15) is 0 Å². The molecule has 2 aromatic carbocycles. The van der Waals surface area contributed by atoms with Crippen LogP contribution in [0.25, 0.3) is 0 Å². The van der Waals surface area contributed by atoms with Gasteiger partial charge in [-0.15, -0.1) is 0 Å². The highest BCUT2D eigenvalue weighted by Gasteiger charge is 2.34. The molecule has 2 aromatic rings. The van der Waals surface area contributed by atoms with Crippen molar-refractivity contribution < 1.29 is 0 Å². The molecule has 0 aromatic heterocycles. The predicted octanol–water partition coefficient (Wildman–Crippen LogP) is 8.26. The van der Waals surface area contributed by atoms with Crippen molar-refractivity contribution >= 4 is 13.5 Å². The second kappa shape index (κ2) is 9.80. The van der Waals surface area contributed by atoms with Crippen molar-refractivity contribution in [3.05, 3.63) is 64.7 Å². The molecule has 2 rings (SSSR count). The molecule has 184 valence electrons. The first-order valence-corrected chi connectivity index (χ1v) is 13.7. The van der Waals surface area contributed by atoms with Crippen LogP contribution in [0.15, 0.2) is 42.5 Å². The fourth-order valence-corrected chi connectivity index (χ4v) is 6.74. The van der Waals surface area contributed by atoms with Crippen LogP contribution in [0, 0.1) is 0 Å². The van der Waals surface area contributed by atoms with E-state index in [0.717, 1.165) is 0 Å². The Morgan fingerprint density at radius 3 is 1.48 bits per heavy atom. The van der Waals surface area contributed by atoms with Crippen LogP contribution < -0.4 is 15.5 Å². The van der Waals surface area contributed by atoms with E-state index >= 15 is 0 Å². The van der Waals surface area contributed by atoms with E-state index < -0.39 is 8.22 Å². The van der Waals surface area contributed by atoms with Crippen molar-refractivity contribution in [2.45, 2.75) is 118 Å². The zero-order chi connectivity index (χ0) is 25.4. The van der Waals surface area contributed by atoms with Gasteiger partial charge in [-0.05, 0) is 66.2 Å². The first-order chi connectivity index (χ1) is 14.8. The van der Waals surface area contributed by atoms with E-state index in [0.29, 0.717) is 0 Å². The molecule has 2 atom stereocenters. The maximum atomic E-state index is 4.04. The molecular formula is C30H49N2P. The van der Waals surface area contributed by atoms with Gasteiger partial charge in [0.05, 0.1) is 8.22 Å². The standard InChI is InChI=1S/C30H49N2P/c1-21(22-17-15-14-16-18-22)31-33(32-30(11,12)13)26-24(28(5,6)7)19-23(27(2,3)4)20-25(26)29(8,9)10/h14-21,31-32H,1-13H3/t21-,33?/m0/s1. The van der Waals surface area contributed by atoms with Gasteiger partial charge in [-0.3, -0.25) is 10.2 Å². The fourth-order valence-electron chi connectivity index (χ4n) is 3.95. The zero-order valence-electron chi connectivity index (χ0n) is 23.6. The maximum absolute atomic E-state index is 4.04. The van der Waals surface area contributed by atoms with Crippen LogP contribution in [-0.2, 0) is 16.2 Å². The SMILES string of the molecule is C[C@H](NP(NC(C)(C)C)c1c(C(C)(C)C)cc(C(C)(C)C)cc1C(C)(C)C)c1ccccc1. The largest absolute Gasteiger partial charge is 0.275 e. The average molecular weight is 469 g/mol. The van der Waals surface area contributed by atoms with Crippen LogP contribution in [0.4, 0.5) is 0 Å². The smallest absolute Gasteiger partial charge is 0.0684 e. The summed E-state index contributed by atoms with van der Waals surface area (Å²) in [4.78, 5) is 0. The Bertz CT molecular complexity index is 884. The summed E-state index contributed by atoms with van der Waals surface area (Å²) in [6.45, 7) is 30.2. The van der Waals surface area contributed by atoms with E-state index in [4.69, 9.17) is 0 Å². The highest BCUT2D eigenvalue weighted by atomic mass is 31.1. The molecule has 0 amide bonds. The molecule has 0 aliphatic carbocycles. The van der Waals surface area contributed by atoms with Crippen molar-refractivity contribution in [1.82, 2.24) is 10.2 Å². The van der Waals surface area contributed by atoms with Gasteiger partial charge in [0.25, 0.3) is 0 Å². The number of nitrogens with one attached hydrogen (secondary N) is 2. The monoisotopic (exact) mass is 468 g/mol. The molecule has 2 N–H and O–H groups in total. The van der Waals surface area contributed by atoms with E-state index in [1.165, 1.54) is 27.6 Å². The van der Waals surface area contributed by atoms with Gasteiger partial charge in [0.1, 0.15) is 0 Å². The molecule has 0 saturated carbocycles. The van der Waals surface area contributed by atoms with Crippen molar-refractivity contribution in [1.29, 1.82) is 0 Å². The second-order valence-corrected chi connectivity index (χ2v) is 15.2. The van der Waals surface area contributed by atoms with Crippen LogP contribution in [-0.4, -0.2) is 5.54 Å². The third kappa shape index (κ3) is 7.64. The molecular weight excluding hydrogens is 419 g/mol. The Morgan fingerprint density at radius 2 is 1.12 bits per heavy atom. The molecule has 0 saturated heterocycles. The maximum Gasteiger partial charge on any atom is 0.0684 e. The zero-order valence-corrected chi connectivity index (χ0v) is 24.5. The summed E-state index contributed by atoms with van der Waals surface area (Å²) in [5.41, 5.74) is 5.81. The summed E-state index contributed by atoms with van der Waals surface area (Å²) < 4.78 is 0. The minimum absolute atomic E-state index is 0.0118. The summed E-state index contributed by atoms with van der Waals surface area (Å²) in [6, 6.07) is 16.0. The second-order valence-electron chi connectivity index (χ2n) is 13.6. The molecule has 0 fully saturated rings. The minimum atomic E-state index is -0.825. The van der Waals surface area contributed by atoms with E-state index in [1.807, 2.05) is 0 Å². The fraction of sp³-hybridized carbons (Fsp3) is 0.600. The third-order valence-corrected chi connectivity index (χ3v) is 8.35. The highest BCUT2D eigenvalue weighted by Crippen LogP contribution is 2.42. The van der Waals surface area contributed by atoms with Gasteiger partial charge in [-0.2, -0.15) is 0 Å². The summed E-state index contributed by atoms with van der Waals surface area (Å²) >= 11 is 0. The van der Waals surface area contributed by atoms with Crippen molar-refractivity contribution in [3.8, 4) is 0 Å². The van der Waals surface area contributed by atoms with Gasteiger partial charge in [0.15, 0.2) is 0 Å². The van der Waals surface area contributed by atoms with Crippen molar-refractivity contribution in [3.63, 3.8) is 0 Å². The van der Waals surface area contributed by atoms with Gasteiger partial charge in [0.2, 0.25) is 0 Å². The molecule has 0 heterocycles. The topological polar surface area (TPSA) is 24.1 Å². The van der Waals surface area contributed by atoms with Gasteiger partial charge < -0.3 is 0 Å². The average Bonchev–Trinajstić information content (AvgIpc) is 2.64. The summed E-state index contributed by atoms with van der Waals surface area (Å²) in [7, 11) is -0.825.